The summed E-state index contributed by atoms with van der Waals surface area (Å²) < 4.78 is 28.2. The highest BCUT2D eigenvalue weighted by Crippen LogP contribution is 2.51. The van der Waals surface area contributed by atoms with Crippen molar-refractivity contribution in [3.8, 4) is 0 Å². The molecule has 0 radical (unpaired) electrons. The summed E-state index contributed by atoms with van der Waals surface area (Å²) in [6.45, 7) is 4.03. The molecule has 3 rings (SSSR count). The Morgan fingerprint density at radius 2 is 1.93 bits per heavy atom. The monoisotopic (exact) mass is 403 g/mol. The molecule has 2 aromatic carbocycles. The van der Waals surface area contributed by atoms with Gasteiger partial charge in [-0.2, -0.15) is 5.10 Å². The highest BCUT2D eigenvalue weighted by Gasteiger charge is 2.48. The van der Waals surface area contributed by atoms with Crippen LogP contribution in [0.1, 0.15) is 37.8 Å². The molecule has 1 amide bonds. The molecule has 2 aromatic rings. The van der Waals surface area contributed by atoms with E-state index in [1.54, 1.807) is 13.8 Å². The third-order valence-electron chi connectivity index (χ3n) is 4.60. The van der Waals surface area contributed by atoms with Crippen LogP contribution in [0.3, 0.4) is 0 Å². The molecular formula is C21H23F2N3OS. The van der Waals surface area contributed by atoms with E-state index in [1.165, 1.54) is 16.8 Å². The number of nitrogens with zero attached hydrogens (tertiary/aromatic N) is 2. The molecule has 0 fully saturated rings. The average molecular weight is 403 g/mol. The minimum atomic E-state index is -0.851. The molecule has 1 heterocycles. The zero-order valence-corrected chi connectivity index (χ0v) is 16.7. The number of amides is 1. The van der Waals surface area contributed by atoms with E-state index in [2.05, 4.69) is 5.10 Å². The summed E-state index contributed by atoms with van der Waals surface area (Å²) in [7, 11) is 0. The number of hydrazone groups is 1. The van der Waals surface area contributed by atoms with E-state index in [0.717, 1.165) is 23.8 Å². The maximum absolute atomic E-state index is 14.4. The van der Waals surface area contributed by atoms with E-state index in [9.17, 15) is 13.6 Å². The van der Waals surface area contributed by atoms with Crippen molar-refractivity contribution in [3.63, 3.8) is 0 Å². The van der Waals surface area contributed by atoms with Crippen LogP contribution in [-0.2, 0) is 9.67 Å². The average Bonchev–Trinajstić information content (AvgIpc) is 3.08. The van der Waals surface area contributed by atoms with Gasteiger partial charge in [-0.1, -0.05) is 55.9 Å². The summed E-state index contributed by atoms with van der Waals surface area (Å²) in [6.07, 6.45) is 1.19. The Morgan fingerprint density at radius 1 is 1.21 bits per heavy atom. The maximum atomic E-state index is 14.4. The molecule has 1 unspecified atom stereocenters. The van der Waals surface area contributed by atoms with Gasteiger partial charge in [-0.3, -0.25) is 4.79 Å². The van der Waals surface area contributed by atoms with Gasteiger partial charge in [-0.25, -0.2) is 13.8 Å². The molecule has 1 atom stereocenters. The minimum Gasteiger partial charge on any atom is -0.330 e. The first-order valence-corrected chi connectivity index (χ1v) is 10.0. The molecule has 7 heteroatoms. The van der Waals surface area contributed by atoms with Crippen molar-refractivity contribution in [3.05, 3.63) is 71.3 Å². The lowest BCUT2D eigenvalue weighted by Gasteiger charge is -2.36. The fourth-order valence-electron chi connectivity index (χ4n) is 3.16. The maximum Gasteiger partial charge on any atom is 0.246 e. The van der Waals surface area contributed by atoms with Gasteiger partial charge < -0.3 is 5.73 Å². The molecule has 28 heavy (non-hydrogen) atoms. The van der Waals surface area contributed by atoms with Gasteiger partial charge in [-0.15, -0.1) is 0 Å². The summed E-state index contributed by atoms with van der Waals surface area (Å²) in [5.74, 6) is -1.62. The number of carbonyl (C=O) groups is 1. The van der Waals surface area contributed by atoms with Gasteiger partial charge in [0.2, 0.25) is 5.91 Å². The van der Waals surface area contributed by atoms with Crippen LogP contribution < -0.4 is 5.73 Å². The molecule has 148 valence electrons. The fraction of sp³-hybridized carbons (Fsp3) is 0.333. The highest BCUT2D eigenvalue weighted by molar-refractivity contribution is 8.15. The Balaban J connectivity index is 2.15. The summed E-state index contributed by atoms with van der Waals surface area (Å²) in [6, 6.07) is 12.8. The van der Waals surface area contributed by atoms with Gasteiger partial charge in [0.1, 0.15) is 21.5 Å². The van der Waals surface area contributed by atoms with E-state index >= 15 is 0 Å². The van der Waals surface area contributed by atoms with Crippen molar-refractivity contribution in [2.45, 2.75) is 31.6 Å². The number of hydrogen-bond acceptors (Lipinski definition) is 4. The minimum absolute atomic E-state index is 0.0529. The second-order valence-corrected chi connectivity index (χ2v) is 8.24. The Hall–Kier alpha value is -2.25. The van der Waals surface area contributed by atoms with Crippen LogP contribution in [0.2, 0.25) is 0 Å². The van der Waals surface area contributed by atoms with Crippen LogP contribution in [0.25, 0.3) is 0 Å². The van der Waals surface area contributed by atoms with E-state index in [4.69, 9.17) is 5.73 Å². The molecule has 2 N–H and O–H groups in total. The number of benzene rings is 2. The first-order chi connectivity index (χ1) is 13.4. The molecule has 0 spiro atoms. The van der Waals surface area contributed by atoms with Crippen molar-refractivity contribution >= 4 is 22.7 Å². The van der Waals surface area contributed by atoms with Gasteiger partial charge in [-0.05, 0) is 43.1 Å². The van der Waals surface area contributed by atoms with Crippen molar-refractivity contribution in [2.24, 2.45) is 16.8 Å². The summed E-state index contributed by atoms with van der Waals surface area (Å²) >= 11 is 1.27. The number of carbonyl (C=O) groups excluding carboxylic acids is 1. The number of hydrogen-bond donors (Lipinski definition) is 1. The standard InChI is InChI=1S/C21H23F2N3OS/c1-14(2)20(27)26-21(11-6-12-24,15-7-4-3-5-8-15)28-19(25-26)17-13-16(22)9-10-18(17)23/h3-5,7-10,13-14H,6,11-12,24H2,1-2H3. The predicted molar refractivity (Wildman–Crippen MR) is 109 cm³/mol. The zero-order chi connectivity index (χ0) is 20.3. The lowest BCUT2D eigenvalue weighted by atomic mass is 9.99. The Morgan fingerprint density at radius 3 is 2.57 bits per heavy atom. The van der Waals surface area contributed by atoms with Crippen LogP contribution in [0, 0.1) is 17.6 Å². The molecule has 1 aliphatic heterocycles. The van der Waals surface area contributed by atoms with Gasteiger partial charge in [0, 0.05) is 11.5 Å². The molecule has 0 saturated heterocycles. The lowest BCUT2D eigenvalue weighted by Crippen LogP contribution is -2.43. The van der Waals surface area contributed by atoms with Crippen LogP contribution in [0.15, 0.2) is 53.6 Å². The number of thioether (sulfide) groups is 1. The molecule has 0 bridgehead atoms. The van der Waals surface area contributed by atoms with Crippen LogP contribution in [-0.4, -0.2) is 22.5 Å². The van der Waals surface area contributed by atoms with E-state index < -0.39 is 16.5 Å². The van der Waals surface area contributed by atoms with Gasteiger partial charge in [0.25, 0.3) is 0 Å². The molecule has 0 aromatic heterocycles. The summed E-state index contributed by atoms with van der Waals surface area (Å²) in [4.78, 5) is 12.2. The largest absolute Gasteiger partial charge is 0.330 e. The molecule has 0 saturated carbocycles. The third kappa shape index (κ3) is 3.82. The smallest absolute Gasteiger partial charge is 0.246 e. The lowest BCUT2D eigenvalue weighted by molar-refractivity contribution is -0.138. The molecule has 4 nitrogen and oxygen atoms in total. The number of nitrogens with two attached hydrogens (primary N) is 1. The van der Waals surface area contributed by atoms with Crippen molar-refractivity contribution in [2.75, 3.05) is 6.54 Å². The number of halogens is 2. The fourth-order valence-corrected chi connectivity index (χ4v) is 4.59. The van der Waals surface area contributed by atoms with Crippen LogP contribution in [0.5, 0.6) is 0 Å². The second-order valence-electron chi connectivity index (χ2n) is 6.98. The topological polar surface area (TPSA) is 58.7 Å². The van der Waals surface area contributed by atoms with E-state index in [-0.39, 0.29) is 22.4 Å². The molecule has 1 aliphatic rings. The quantitative estimate of drug-likeness (QED) is 0.775. The third-order valence-corrected chi connectivity index (χ3v) is 6.05. The van der Waals surface area contributed by atoms with Crippen LogP contribution in [0.4, 0.5) is 8.78 Å². The zero-order valence-electron chi connectivity index (χ0n) is 15.9. The SMILES string of the molecule is CC(C)C(=O)N1N=C(c2cc(F)ccc2F)SC1(CCCN)c1ccccc1. The highest BCUT2D eigenvalue weighted by atomic mass is 32.2. The summed E-state index contributed by atoms with van der Waals surface area (Å²) in [5.41, 5.74) is 6.68. The van der Waals surface area contributed by atoms with Crippen LogP contribution >= 0.6 is 11.8 Å². The van der Waals surface area contributed by atoms with Crippen molar-refractivity contribution in [1.82, 2.24) is 5.01 Å². The molecule has 0 aliphatic carbocycles. The second kappa shape index (κ2) is 8.41. The summed E-state index contributed by atoms with van der Waals surface area (Å²) in [5, 5.41) is 6.20. The van der Waals surface area contributed by atoms with Gasteiger partial charge in [0.05, 0.1) is 0 Å². The van der Waals surface area contributed by atoms with Gasteiger partial charge in [0.15, 0.2) is 0 Å². The van der Waals surface area contributed by atoms with E-state index in [1.807, 2.05) is 30.3 Å². The predicted octanol–water partition coefficient (Wildman–Crippen LogP) is 4.45. The van der Waals surface area contributed by atoms with Gasteiger partial charge >= 0.3 is 0 Å². The Bertz CT molecular complexity index is 888. The van der Waals surface area contributed by atoms with Crippen molar-refractivity contribution < 1.29 is 13.6 Å². The first kappa shape index (κ1) is 20.5. The van der Waals surface area contributed by atoms with Crippen molar-refractivity contribution in [1.29, 1.82) is 0 Å². The Labute approximate surface area is 167 Å². The first-order valence-electron chi connectivity index (χ1n) is 9.22. The normalized spacial score (nSPS) is 19.2. The van der Waals surface area contributed by atoms with E-state index in [0.29, 0.717) is 19.4 Å². The number of rotatable bonds is 6. The molecular weight excluding hydrogens is 380 g/mol. The Kier molecular flexibility index (Phi) is 6.15.